The number of nitrogens with one attached hydrogen (secondary N) is 3. The Balaban J connectivity index is 0.00000240. The Labute approximate surface area is 190 Å². The van der Waals surface area contributed by atoms with E-state index in [2.05, 4.69) is 32.7 Å². The van der Waals surface area contributed by atoms with Crippen molar-refractivity contribution in [2.24, 2.45) is 16.8 Å². The number of hydrogen-bond donors (Lipinski definition) is 3. The first-order valence-electron chi connectivity index (χ1n) is 10.9. The zero-order valence-electron chi connectivity index (χ0n) is 17.6. The molecule has 3 heterocycles. The van der Waals surface area contributed by atoms with Gasteiger partial charge >= 0.3 is 6.03 Å². The lowest BCUT2D eigenvalue weighted by molar-refractivity contribution is -0.125. The molecule has 9 heteroatoms. The van der Waals surface area contributed by atoms with Gasteiger partial charge in [-0.3, -0.25) is 15.1 Å². The molecule has 0 aromatic carbocycles. The fourth-order valence-electron chi connectivity index (χ4n) is 4.94. The number of carbonyl (C=O) groups excluding carboxylic acids is 2. The van der Waals surface area contributed by atoms with E-state index in [0.29, 0.717) is 5.92 Å². The SMILES string of the molecule is CCNC(=NCC1CCN(C2CC2)C1)N1CCC(C2(C)NC(=O)NC2=O)CC1.I. The van der Waals surface area contributed by atoms with Crippen LogP contribution in [0.25, 0.3) is 0 Å². The maximum absolute atomic E-state index is 12.2. The zero-order valence-corrected chi connectivity index (χ0v) is 19.9. The van der Waals surface area contributed by atoms with Gasteiger partial charge in [-0.15, -0.1) is 24.0 Å². The minimum absolute atomic E-state index is 0. The molecule has 8 nitrogen and oxygen atoms in total. The van der Waals surface area contributed by atoms with Crippen molar-refractivity contribution in [1.29, 1.82) is 0 Å². The predicted molar refractivity (Wildman–Crippen MR) is 123 cm³/mol. The summed E-state index contributed by atoms with van der Waals surface area (Å²) < 4.78 is 0. The quantitative estimate of drug-likeness (QED) is 0.222. The van der Waals surface area contributed by atoms with Crippen LogP contribution in [-0.2, 0) is 4.79 Å². The van der Waals surface area contributed by atoms with Crippen LogP contribution in [0.15, 0.2) is 4.99 Å². The zero-order chi connectivity index (χ0) is 19.7. The number of aliphatic imine (C=N–C) groups is 1. The number of halogens is 1. The predicted octanol–water partition coefficient (Wildman–Crippen LogP) is 1.36. The van der Waals surface area contributed by atoms with Crippen LogP contribution in [0.1, 0.15) is 46.0 Å². The van der Waals surface area contributed by atoms with E-state index in [1.165, 1.54) is 32.4 Å². The monoisotopic (exact) mass is 518 g/mol. The van der Waals surface area contributed by atoms with Crippen LogP contribution in [0.4, 0.5) is 4.79 Å². The molecule has 4 fully saturated rings. The van der Waals surface area contributed by atoms with Crippen molar-refractivity contribution < 1.29 is 9.59 Å². The molecule has 4 aliphatic rings. The van der Waals surface area contributed by atoms with Crippen LogP contribution in [0.5, 0.6) is 0 Å². The highest BCUT2D eigenvalue weighted by atomic mass is 127. The first-order chi connectivity index (χ1) is 13.5. The Hall–Kier alpha value is -1.10. The minimum Gasteiger partial charge on any atom is -0.357 e. The summed E-state index contributed by atoms with van der Waals surface area (Å²) in [4.78, 5) is 33.7. The van der Waals surface area contributed by atoms with E-state index >= 15 is 0 Å². The lowest BCUT2D eigenvalue weighted by Crippen LogP contribution is -2.55. The molecular weight excluding hydrogens is 483 g/mol. The van der Waals surface area contributed by atoms with Gasteiger partial charge in [0, 0.05) is 38.8 Å². The lowest BCUT2D eigenvalue weighted by Gasteiger charge is -2.39. The number of imide groups is 1. The Morgan fingerprint density at radius 2 is 1.90 bits per heavy atom. The van der Waals surface area contributed by atoms with Crippen molar-refractivity contribution in [3.05, 3.63) is 0 Å². The second-order valence-electron chi connectivity index (χ2n) is 8.95. The summed E-state index contributed by atoms with van der Waals surface area (Å²) >= 11 is 0. The minimum atomic E-state index is -0.783. The van der Waals surface area contributed by atoms with Crippen LogP contribution in [0, 0.1) is 11.8 Å². The number of hydrogen-bond acceptors (Lipinski definition) is 4. The van der Waals surface area contributed by atoms with Gasteiger partial charge in [0.2, 0.25) is 0 Å². The number of urea groups is 1. The average molecular weight is 518 g/mol. The molecule has 3 saturated heterocycles. The summed E-state index contributed by atoms with van der Waals surface area (Å²) in [5.41, 5.74) is -0.783. The molecule has 29 heavy (non-hydrogen) atoms. The summed E-state index contributed by atoms with van der Waals surface area (Å²) in [7, 11) is 0. The summed E-state index contributed by atoms with van der Waals surface area (Å²) in [6, 6.07) is 0.484. The number of carbonyl (C=O) groups is 2. The van der Waals surface area contributed by atoms with Crippen LogP contribution in [-0.4, -0.2) is 78.5 Å². The molecule has 164 valence electrons. The molecular formula is C20H35IN6O2. The van der Waals surface area contributed by atoms with Gasteiger partial charge in [-0.2, -0.15) is 0 Å². The van der Waals surface area contributed by atoms with Gasteiger partial charge in [0.25, 0.3) is 5.91 Å². The lowest BCUT2D eigenvalue weighted by atomic mass is 9.79. The van der Waals surface area contributed by atoms with E-state index in [1.807, 2.05) is 6.92 Å². The number of likely N-dealkylation sites (tertiary alicyclic amines) is 2. The van der Waals surface area contributed by atoms with Gasteiger partial charge in [0.15, 0.2) is 5.96 Å². The Bertz CT molecular complexity index is 647. The molecule has 3 N–H and O–H groups in total. The molecule has 2 unspecified atom stereocenters. The van der Waals surface area contributed by atoms with Gasteiger partial charge in [-0.05, 0) is 64.3 Å². The summed E-state index contributed by atoms with van der Waals surface area (Å²) in [6.07, 6.45) is 5.76. The largest absolute Gasteiger partial charge is 0.357 e. The third-order valence-corrected chi connectivity index (χ3v) is 6.90. The summed E-state index contributed by atoms with van der Waals surface area (Å²) in [6.45, 7) is 9.84. The fourth-order valence-corrected chi connectivity index (χ4v) is 4.94. The Kier molecular flexibility index (Phi) is 7.29. The maximum atomic E-state index is 12.2. The van der Waals surface area contributed by atoms with Crippen molar-refractivity contribution in [2.75, 3.05) is 39.3 Å². The molecule has 4 rings (SSSR count). The van der Waals surface area contributed by atoms with Crippen molar-refractivity contribution in [3.8, 4) is 0 Å². The highest BCUT2D eigenvalue weighted by molar-refractivity contribution is 14.0. The fraction of sp³-hybridized carbons (Fsp3) is 0.850. The van der Waals surface area contributed by atoms with E-state index in [9.17, 15) is 9.59 Å². The third kappa shape index (κ3) is 4.98. The maximum Gasteiger partial charge on any atom is 0.322 e. The first-order valence-corrected chi connectivity index (χ1v) is 10.9. The van der Waals surface area contributed by atoms with Crippen molar-refractivity contribution in [2.45, 2.75) is 57.5 Å². The molecule has 2 atom stereocenters. The second-order valence-corrected chi connectivity index (χ2v) is 8.95. The number of amides is 3. The highest BCUT2D eigenvalue weighted by Gasteiger charge is 2.48. The normalized spacial score (nSPS) is 31.4. The van der Waals surface area contributed by atoms with E-state index in [0.717, 1.165) is 51.0 Å². The molecule has 3 amide bonds. The second kappa shape index (κ2) is 9.36. The van der Waals surface area contributed by atoms with Gasteiger partial charge in [0.1, 0.15) is 5.54 Å². The van der Waals surface area contributed by atoms with E-state index < -0.39 is 5.54 Å². The van der Waals surface area contributed by atoms with Gasteiger partial charge < -0.3 is 20.4 Å². The average Bonchev–Trinajstić information content (AvgIpc) is 3.36. The molecule has 0 bridgehead atoms. The topological polar surface area (TPSA) is 89.1 Å². The number of nitrogens with zero attached hydrogens (tertiary/aromatic N) is 3. The number of piperidine rings is 1. The van der Waals surface area contributed by atoms with Crippen LogP contribution in [0.2, 0.25) is 0 Å². The molecule has 0 aromatic rings. The number of guanidine groups is 1. The molecule has 0 aromatic heterocycles. The molecule has 1 saturated carbocycles. The van der Waals surface area contributed by atoms with Gasteiger partial charge in [0.05, 0.1) is 0 Å². The van der Waals surface area contributed by atoms with Crippen molar-refractivity contribution in [1.82, 2.24) is 25.8 Å². The van der Waals surface area contributed by atoms with Crippen molar-refractivity contribution in [3.63, 3.8) is 0 Å². The highest BCUT2D eigenvalue weighted by Crippen LogP contribution is 2.32. The molecule has 0 spiro atoms. The first kappa shape index (κ1) is 22.6. The van der Waals surface area contributed by atoms with Crippen LogP contribution in [0.3, 0.4) is 0 Å². The number of rotatable bonds is 5. The standard InChI is InChI=1S/C20H34N6O2.HI/c1-3-21-18(22-12-14-6-9-26(13-14)16-4-5-16)25-10-7-15(8-11-25)20(2)17(27)23-19(28)24-20;/h14-16H,3-13H2,1-2H3,(H,21,22)(H2,23,24,27,28);1H. The third-order valence-electron chi connectivity index (χ3n) is 6.90. The smallest absolute Gasteiger partial charge is 0.322 e. The Morgan fingerprint density at radius 1 is 1.17 bits per heavy atom. The molecule has 0 radical (unpaired) electrons. The molecule has 1 aliphatic carbocycles. The van der Waals surface area contributed by atoms with Crippen molar-refractivity contribution >= 4 is 41.9 Å². The van der Waals surface area contributed by atoms with Gasteiger partial charge in [-0.25, -0.2) is 4.79 Å². The van der Waals surface area contributed by atoms with Crippen LogP contribution >= 0.6 is 24.0 Å². The summed E-state index contributed by atoms with van der Waals surface area (Å²) in [5, 5.41) is 8.66. The Morgan fingerprint density at radius 3 is 2.48 bits per heavy atom. The molecule has 3 aliphatic heterocycles. The van der Waals surface area contributed by atoms with E-state index in [1.54, 1.807) is 0 Å². The van der Waals surface area contributed by atoms with E-state index in [4.69, 9.17) is 4.99 Å². The van der Waals surface area contributed by atoms with Gasteiger partial charge in [-0.1, -0.05) is 0 Å². The van der Waals surface area contributed by atoms with E-state index in [-0.39, 0.29) is 41.8 Å². The van der Waals surface area contributed by atoms with Crippen LogP contribution < -0.4 is 16.0 Å². The summed E-state index contributed by atoms with van der Waals surface area (Å²) in [5.74, 6) is 1.62.